The summed E-state index contributed by atoms with van der Waals surface area (Å²) >= 11 is 0. The van der Waals surface area contributed by atoms with Crippen molar-refractivity contribution >= 4 is 23.2 Å². The van der Waals surface area contributed by atoms with Crippen LogP contribution in [-0.2, 0) is 0 Å². The highest BCUT2D eigenvalue weighted by molar-refractivity contribution is 6.05. The highest BCUT2D eigenvalue weighted by Crippen LogP contribution is 2.32. The van der Waals surface area contributed by atoms with Crippen molar-refractivity contribution in [2.75, 3.05) is 36.4 Å². The molecule has 1 fully saturated rings. The Kier molecular flexibility index (Phi) is 7.32. The molecule has 4 aromatic carbocycles. The van der Waals surface area contributed by atoms with Crippen LogP contribution in [0.3, 0.4) is 0 Å². The fourth-order valence-corrected chi connectivity index (χ4v) is 5.05. The van der Waals surface area contributed by atoms with E-state index in [0.717, 1.165) is 29.9 Å². The Balaban J connectivity index is 1.25. The molecule has 2 amide bonds. The first-order valence-electron chi connectivity index (χ1n) is 13.7. The number of benzene rings is 4. The van der Waals surface area contributed by atoms with Crippen LogP contribution in [0.1, 0.15) is 26.4 Å². The summed E-state index contributed by atoms with van der Waals surface area (Å²) in [6, 6.07) is 34.6. The van der Waals surface area contributed by atoms with Gasteiger partial charge in [0.1, 0.15) is 0 Å². The molecule has 1 aliphatic heterocycles. The molecular weight excluding hydrogens is 512 g/mol. The van der Waals surface area contributed by atoms with Gasteiger partial charge in [0.05, 0.1) is 0 Å². The summed E-state index contributed by atoms with van der Waals surface area (Å²) in [5, 5.41) is 2.95. The van der Waals surface area contributed by atoms with Gasteiger partial charge in [-0.05, 0) is 67.1 Å². The Hall–Kier alpha value is -5.17. The van der Waals surface area contributed by atoms with E-state index >= 15 is 0 Å². The molecule has 0 aliphatic carbocycles. The molecule has 0 atom stereocenters. The van der Waals surface area contributed by atoms with Crippen LogP contribution in [0.15, 0.2) is 114 Å². The van der Waals surface area contributed by atoms with Crippen molar-refractivity contribution in [2.45, 2.75) is 6.92 Å². The molecule has 6 rings (SSSR count). The van der Waals surface area contributed by atoms with Crippen LogP contribution in [0.5, 0.6) is 0 Å². The van der Waals surface area contributed by atoms with Gasteiger partial charge in [-0.25, -0.2) is 4.98 Å². The van der Waals surface area contributed by atoms with Crippen molar-refractivity contribution < 1.29 is 14.0 Å². The molecule has 0 unspecified atom stereocenters. The molecule has 5 aromatic rings. The number of hydrogen-bond donors (Lipinski definition) is 1. The lowest BCUT2D eigenvalue weighted by atomic mass is 10.1. The van der Waals surface area contributed by atoms with Gasteiger partial charge in [0.2, 0.25) is 5.89 Å². The molecule has 7 heteroatoms. The standard InChI is InChI=1S/C34H30N4O3/c1-24-10-8-9-15-29(24)32(39)35-27-18-16-25(17-19-27)31-30(36-33(41-31)26-11-4-2-5-12-26)34(40)38-22-20-37(21-23-38)28-13-6-3-7-14-28/h2-19H,20-23H2,1H3,(H,35,39). The maximum Gasteiger partial charge on any atom is 0.276 e. The number of oxazole rings is 1. The minimum Gasteiger partial charge on any atom is -0.435 e. The number of rotatable bonds is 6. The number of para-hydroxylation sites is 1. The van der Waals surface area contributed by atoms with Crippen molar-refractivity contribution in [1.29, 1.82) is 0 Å². The van der Waals surface area contributed by atoms with Gasteiger partial charge in [0.25, 0.3) is 11.8 Å². The molecule has 1 N–H and O–H groups in total. The van der Waals surface area contributed by atoms with Gasteiger partial charge in [-0.1, -0.05) is 54.6 Å². The minimum absolute atomic E-state index is 0.157. The predicted molar refractivity (Wildman–Crippen MR) is 161 cm³/mol. The van der Waals surface area contributed by atoms with Gasteiger partial charge in [0, 0.05) is 54.2 Å². The predicted octanol–water partition coefficient (Wildman–Crippen LogP) is 6.53. The molecule has 204 valence electrons. The Labute approximate surface area is 239 Å². The summed E-state index contributed by atoms with van der Waals surface area (Å²) in [5.41, 5.74) is 5.12. The minimum atomic E-state index is -0.174. The summed E-state index contributed by atoms with van der Waals surface area (Å²) in [7, 11) is 0. The number of aromatic nitrogens is 1. The van der Waals surface area contributed by atoms with E-state index in [1.165, 1.54) is 0 Å². The molecule has 0 bridgehead atoms. The van der Waals surface area contributed by atoms with Gasteiger partial charge >= 0.3 is 0 Å². The van der Waals surface area contributed by atoms with E-state index in [0.29, 0.717) is 41.6 Å². The maximum atomic E-state index is 13.8. The van der Waals surface area contributed by atoms with Crippen molar-refractivity contribution in [1.82, 2.24) is 9.88 Å². The zero-order valence-corrected chi connectivity index (χ0v) is 22.8. The molecular formula is C34H30N4O3. The monoisotopic (exact) mass is 542 g/mol. The lowest BCUT2D eigenvalue weighted by Gasteiger charge is -2.35. The number of amides is 2. The molecule has 7 nitrogen and oxygen atoms in total. The number of nitrogens with zero attached hydrogens (tertiary/aromatic N) is 3. The normalized spacial score (nSPS) is 13.2. The van der Waals surface area contributed by atoms with Crippen molar-refractivity contribution in [3.05, 3.63) is 126 Å². The van der Waals surface area contributed by atoms with E-state index in [-0.39, 0.29) is 17.5 Å². The number of anilines is 2. The lowest BCUT2D eigenvalue weighted by molar-refractivity contribution is 0.0741. The molecule has 0 saturated carbocycles. The van der Waals surface area contributed by atoms with Gasteiger partial charge in [-0.15, -0.1) is 0 Å². The fourth-order valence-electron chi connectivity index (χ4n) is 5.05. The topological polar surface area (TPSA) is 78.7 Å². The van der Waals surface area contributed by atoms with Crippen molar-refractivity contribution in [3.8, 4) is 22.8 Å². The average Bonchev–Trinajstić information content (AvgIpc) is 3.48. The maximum absolute atomic E-state index is 13.8. The number of carbonyl (C=O) groups is 2. The van der Waals surface area contributed by atoms with Crippen LogP contribution in [0.25, 0.3) is 22.8 Å². The molecule has 41 heavy (non-hydrogen) atoms. The third-order valence-corrected chi connectivity index (χ3v) is 7.33. The summed E-state index contributed by atoms with van der Waals surface area (Å²) in [6.45, 7) is 4.56. The number of hydrogen-bond acceptors (Lipinski definition) is 5. The smallest absolute Gasteiger partial charge is 0.276 e. The third kappa shape index (κ3) is 5.61. The lowest BCUT2D eigenvalue weighted by Crippen LogP contribution is -2.49. The number of carbonyl (C=O) groups excluding carboxylic acids is 2. The average molecular weight is 543 g/mol. The van der Waals surface area contributed by atoms with E-state index in [9.17, 15) is 9.59 Å². The van der Waals surface area contributed by atoms with Crippen LogP contribution < -0.4 is 10.2 Å². The Morgan fingerprint density at radius 3 is 2.05 bits per heavy atom. The molecule has 0 radical (unpaired) electrons. The first-order chi connectivity index (χ1) is 20.1. The van der Waals surface area contributed by atoms with Crippen molar-refractivity contribution in [2.24, 2.45) is 0 Å². The van der Waals surface area contributed by atoms with E-state index in [4.69, 9.17) is 4.42 Å². The molecule has 1 saturated heterocycles. The summed E-state index contributed by atoms with van der Waals surface area (Å²) in [5.74, 6) is 0.475. The Morgan fingerprint density at radius 2 is 1.37 bits per heavy atom. The zero-order chi connectivity index (χ0) is 28.2. The van der Waals surface area contributed by atoms with Gasteiger partial charge in [-0.2, -0.15) is 0 Å². The first-order valence-corrected chi connectivity index (χ1v) is 13.7. The van der Waals surface area contributed by atoms with Gasteiger partial charge in [-0.3, -0.25) is 9.59 Å². The second-order valence-electron chi connectivity index (χ2n) is 10.0. The summed E-state index contributed by atoms with van der Waals surface area (Å²) in [4.78, 5) is 35.4. The molecule has 0 spiro atoms. The van der Waals surface area contributed by atoms with Crippen LogP contribution >= 0.6 is 0 Å². The number of aryl methyl sites for hydroxylation is 1. The van der Waals surface area contributed by atoms with Crippen LogP contribution in [0, 0.1) is 6.92 Å². The third-order valence-electron chi connectivity index (χ3n) is 7.33. The van der Waals surface area contributed by atoms with Crippen LogP contribution in [0.4, 0.5) is 11.4 Å². The van der Waals surface area contributed by atoms with Crippen LogP contribution in [-0.4, -0.2) is 47.9 Å². The number of piperazine rings is 1. The Morgan fingerprint density at radius 1 is 0.732 bits per heavy atom. The largest absolute Gasteiger partial charge is 0.435 e. The van der Waals surface area contributed by atoms with Crippen LogP contribution in [0.2, 0.25) is 0 Å². The molecule has 1 aromatic heterocycles. The summed E-state index contributed by atoms with van der Waals surface area (Å²) in [6.07, 6.45) is 0. The fraction of sp³-hybridized carbons (Fsp3) is 0.147. The van der Waals surface area contributed by atoms with E-state index in [1.807, 2.05) is 103 Å². The Bertz CT molecular complexity index is 1660. The van der Waals surface area contributed by atoms with Crippen molar-refractivity contribution in [3.63, 3.8) is 0 Å². The summed E-state index contributed by atoms with van der Waals surface area (Å²) < 4.78 is 6.24. The zero-order valence-electron chi connectivity index (χ0n) is 22.8. The SMILES string of the molecule is Cc1ccccc1C(=O)Nc1ccc(-c2oc(-c3ccccc3)nc2C(=O)N2CCN(c3ccccc3)CC2)cc1. The highest BCUT2D eigenvalue weighted by atomic mass is 16.4. The van der Waals surface area contributed by atoms with Gasteiger partial charge < -0.3 is 19.5 Å². The quantitative estimate of drug-likeness (QED) is 0.264. The van der Waals surface area contributed by atoms with E-state index in [1.54, 1.807) is 6.07 Å². The van der Waals surface area contributed by atoms with E-state index < -0.39 is 0 Å². The van der Waals surface area contributed by atoms with Gasteiger partial charge in [0.15, 0.2) is 11.5 Å². The second-order valence-corrected chi connectivity index (χ2v) is 10.0. The molecule has 1 aliphatic rings. The van der Waals surface area contributed by atoms with E-state index in [2.05, 4.69) is 27.3 Å². The highest BCUT2D eigenvalue weighted by Gasteiger charge is 2.29. The second kappa shape index (κ2) is 11.5. The molecule has 2 heterocycles. The number of nitrogens with one attached hydrogen (secondary N) is 1. The first kappa shape index (κ1) is 26.1.